The fraction of sp³-hybridized carbons (Fsp3) is 0.375. The van der Waals surface area contributed by atoms with Crippen molar-refractivity contribution in [1.29, 1.82) is 0 Å². The Labute approximate surface area is 129 Å². The van der Waals surface area contributed by atoms with Gasteiger partial charge in [-0.05, 0) is 12.5 Å². The average Bonchev–Trinajstić information content (AvgIpc) is 3.01. The minimum atomic E-state index is -0.0774. The van der Waals surface area contributed by atoms with Crippen LogP contribution in [-0.4, -0.2) is 39.8 Å². The summed E-state index contributed by atoms with van der Waals surface area (Å²) in [5, 5.41) is 3.05. The highest BCUT2D eigenvalue weighted by atomic mass is 32.1. The van der Waals surface area contributed by atoms with E-state index in [-0.39, 0.29) is 11.9 Å². The number of aromatic nitrogens is 1. The molecule has 1 saturated heterocycles. The molecule has 4 nitrogen and oxygen atoms in total. The molecule has 5 heteroatoms. The minimum absolute atomic E-state index is 0.0774. The van der Waals surface area contributed by atoms with Crippen molar-refractivity contribution in [2.75, 3.05) is 13.1 Å². The van der Waals surface area contributed by atoms with Crippen molar-refractivity contribution in [2.24, 2.45) is 0 Å². The Hall–Kier alpha value is -1.72. The van der Waals surface area contributed by atoms with Crippen molar-refractivity contribution in [3.05, 3.63) is 52.5 Å². The molecular weight excluding hydrogens is 282 g/mol. The zero-order valence-corrected chi connectivity index (χ0v) is 12.9. The van der Waals surface area contributed by atoms with Crippen molar-refractivity contribution in [2.45, 2.75) is 26.1 Å². The molecule has 2 heterocycles. The van der Waals surface area contributed by atoms with E-state index >= 15 is 0 Å². The molecule has 3 rings (SSSR count). The first-order valence-electron chi connectivity index (χ1n) is 7.19. The van der Waals surface area contributed by atoms with Gasteiger partial charge in [-0.1, -0.05) is 30.3 Å². The number of benzene rings is 1. The molecule has 0 bridgehead atoms. The lowest BCUT2D eigenvalue weighted by Gasteiger charge is -2.38. The maximum absolute atomic E-state index is 12.5. The summed E-state index contributed by atoms with van der Waals surface area (Å²) in [7, 11) is 0. The highest BCUT2D eigenvalue weighted by Crippen LogP contribution is 2.18. The van der Waals surface area contributed by atoms with Gasteiger partial charge in [-0.25, -0.2) is 4.98 Å². The van der Waals surface area contributed by atoms with E-state index in [0.29, 0.717) is 6.54 Å². The normalized spacial score (nSPS) is 20.0. The highest BCUT2D eigenvalue weighted by molar-refractivity contribution is 7.09. The monoisotopic (exact) mass is 301 g/mol. The molecule has 1 aromatic carbocycles. The molecule has 0 spiro atoms. The van der Waals surface area contributed by atoms with Crippen LogP contribution >= 0.6 is 11.3 Å². The maximum atomic E-state index is 12.5. The van der Waals surface area contributed by atoms with Gasteiger partial charge in [-0.15, -0.1) is 11.3 Å². The van der Waals surface area contributed by atoms with Gasteiger partial charge in [-0.3, -0.25) is 9.69 Å². The van der Waals surface area contributed by atoms with Crippen molar-refractivity contribution >= 4 is 17.2 Å². The van der Waals surface area contributed by atoms with Crippen LogP contribution in [0.3, 0.4) is 0 Å². The molecule has 0 N–H and O–H groups in total. The van der Waals surface area contributed by atoms with Crippen molar-refractivity contribution in [3.63, 3.8) is 0 Å². The van der Waals surface area contributed by atoms with E-state index in [0.717, 1.165) is 24.6 Å². The Morgan fingerprint density at radius 1 is 1.24 bits per heavy atom. The fourth-order valence-electron chi connectivity index (χ4n) is 2.65. The summed E-state index contributed by atoms with van der Waals surface area (Å²) in [5.74, 6) is 0.210. The topological polar surface area (TPSA) is 36.4 Å². The molecule has 0 unspecified atom stereocenters. The number of carbonyl (C=O) groups excluding carboxylic acids is 1. The number of nitrogens with zero attached hydrogens (tertiary/aromatic N) is 3. The summed E-state index contributed by atoms with van der Waals surface area (Å²) in [5.41, 5.74) is 1.19. The first kappa shape index (κ1) is 14.2. The van der Waals surface area contributed by atoms with Gasteiger partial charge in [0.15, 0.2) is 0 Å². The van der Waals surface area contributed by atoms with Crippen LogP contribution < -0.4 is 0 Å². The summed E-state index contributed by atoms with van der Waals surface area (Å²) in [4.78, 5) is 21.0. The molecular formula is C16H19N3OS. The van der Waals surface area contributed by atoms with Gasteiger partial charge in [0, 0.05) is 31.2 Å². The number of hydrogen-bond donors (Lipinski definition) is 0. The smallest absolute Gasteiger partial charge is 0.239 e. The minimum Gasteiger partial charge on any atom is -0.336 e. The molecule has 1 aliphatic rings. The molecule has 1 atom stereocenters. The lowest BCUT2D eigenvalue weighted by Crippen LogP contribution is -2.54. The lowest BCUT2D eigenvalue weighted by molar-refractivity contribution is -0.142. The maximum Gasteiger partial charge on any atom is 0.239 e. The van der Waals surface area contributed by atoms with Gasteiger partial charge in [0.25, 0.3) is 0 Å². The van der Waals surface area contributed by atoms with Crippen molar-refractivity contribution in [1.82, 2.24) is 14.8 Å². The summed E-state index contributed by atoms with van der Waals surface area (Å²) >= 11 is 1.65. The van der Waals surface area contributed by atoms with E-state index < -0.39 is 0 Å². The van der Waals surface area contributed by atoms with Gasteiger partial charge in [-0.2, -0.15) is 0 Å². The Balaban J connectivity index is 1.63. The predicted molar refractivity (Wildman–Crippen MR) is 83.8 cm³/mol. The van der Waals surface area contributed by atoms with Gasteiger partial charge >= 0.3 is 0 Å². The Bertz CT molecular complexity index is 585. The molecule has 1 fully saturated rings. The van der Waals surface area contributed by atoms with E-state index in [4.69, 9.17) is 0 Å². The van der Waals surface area contributed by atoms with Gasteiger partial charge in [0.05, 0.1) is 12.6 Å². The summed E-state index contributed by atoms with van der Waals surface area (Å²) in [6.45, 7) is 5.15. The number of carbonyl (C=O) groups is 1. The standard InChI is InChI=1S/C16H19N3OS/c1-13-16(20)19(11-14-5-3-2-4-6-14)9-8-18(13)12-15-17-7-10-21-15/h2-7,10,13H,8-9,11-12H2,1H3/t13-/m0/s1. The predicted octanol–water partition coefficient (Wildman–Crippen LogP) is 2.38. The largest absolute Gasteiger partial charge is 0.336 e. The van der Waals surface area contributed by atoms with Crippen LogP contribution in [0.2, 0.25) is 0 Å². The second-order valence-electron chi connectivity index (χ2n) is 5.32. The van der Waals surface area contributed by atoms with E-state index in [1.54, 1.807) is 11.3 Å². The quantitative estimate of drug-likeness (QED) is 0.870. The van der Waals surface area contributed by atoms with Crippen LogP contribution in [0.25, 0.3) is 0 Å². The second kappa shape index (κ2) is 6.37. The van der Waals surface area contributed by atoms with Crippen LogP contribution in [0.4, 0.5) is 0 Å². The number of amides is 1. The Morgan fingerprint density at radius 3 is 2.76 bits per heavy atom. The van der Waals surface area contributed by atoms with Crippen molar-refractivity contribution in [3.8, 4) is 0 Å². The van der Waals surface area contributed by atoms with Crippen molar-refractivity contribution < 1.29 is 4.79 Å². The first-order valence-corrected chi connectivity index (χ1v) is 8.07. The van der Waals surface area contributed by atoms with E-state index in [1.807, 2.05) is 41.6 Å². The molecule has 1 amide bonds. The van der Waals surface area contributed by atoms with Crippen LogP contribution in [0.5, 0.6) is 0 Å². The average molecular weight is 301 g/mol. The van der Waals surface area contributed by atoms with E-state index in [2.05, 4.69) is 22.0 Å². The summed E-state index contributed by atoms with van der Waals surface area (Å²) < 4.78 is 0. The number of rotatable bonds is 4. The number of thiazole rings is 1. The third kappa shape index (κ3) is 3.31. The fourth-order valence-corrected chi connectivity index (χ4v) is 3.30. The SMILES string of the molecule is C[C@H]1C(=O)N(Cc2ccccc2)CCN1Cc1nccs1. The van der Waals surface area contributed by atoms with Gasteiger partial charge in [0.1, 0.15) is 5.01 Å². The summed E-state index contributed by atoms with van der Waals surface area (Å²) in [6.07, 6.45) is 1.82. The first-order chi connectivity index (χ1) is 10.2. The van der Waals surface area contributed by atoms with Crippen LogP contribution in [0.15, 0.2) is 41.9 Å². The zero-order valence-electron chi connectivity index (χ0n) is 12.1. The molecule has 1 aliphatic heterocycles. The number of piperazine rings is 1. The van der Waals surface area contributed by atoms with Crippen LogP contribution in [0, 0.1) is 0 Å². The molecule has 0 aliphatic carbocycles. The number of hydrogen-bond acceptors (Lipinski definition) is 4. The third-order valence-corrected chi connectivity index (χ3v) is 4.68. The zero-order chi connectivity index (χ0) is 14.7. The second-order valence-corrected chi connectivity index (χ2v) is 6.30. The summed E-state index contributed by atoms with van der Waals surface area (Å²) in [6, 6.07) is 10.1. The lowest BCUT2D eigenvalue weighted by atomic mass is 10.1. The van der Waals surface area contributed by atoms with Gasteiger partial charge in [0.2, 0.25) is 5.91 Å². The molecule has 110 valence electrons. The molecule has 1 aromatic heterocycles. The Morgan fingerprint density at radius 2 is 2.05 bits per heavy atom. The van der Waals surface area contributed by atoms with Crippen LogP contribution in [0.1, 0.15) is 17.5 Å². The molecule has 21 heavy (non-hydrogen) atoms. The van der Waals surface area contributed by atoms with E-state index in [1.165, 1.54) is 5.56 Å². The highest BCUT2D eigenvalue weighted by Gasteiger charge is 2.31. The van der Waals surface area contributed by atoms with E-state index in [9.17, 15) is 4.79 Å². The van der Waals surface area contributed by atoms with Gasteiger partial charge < -0.3 is 4.90 Å². The molecule has 0 radical (unpaired) electrons. The molecule has 2 aromatic rings. The Kier molecular flexibility index (Phi) is 4.31. The van der Waals surface area contributed by atoms with Crippen LogP contribution in [-0.2, 0) is 17.9 Å². The molecule has 0 saturated carbocycles. The third-order valence-electron chi connectivity index (χ3n) is 3.91.